The first kappa shape index (κ1) is 18.0. The third-order valence-electron chi connectivity index (χ3n) is 3.14. The molecule has 0 atom stereocenters. The van der Waals surface area contributed by atoms with Gasteiger partial charge in [0.05, 0.1) is 5.56 Å². The van der Waals surface area contributed by atoms with Gasteiger partial charge in [0.2, 0.25) is 5.91 Å². The molecular weight excluding hydrogens is 376 g/mol. The van der Waals surface area contributed by atoms with Crippen LogP contribution in [0.2, 0.25) is 0 Å². The van der Waals surface area contributed by atoms with E-state index in [0.29, 0.717) is 10.2 Å². The summed E-state index contributed by atoms with van der Waals surface area (Å²) in [4.78, 5) is 23.7. The Balaban J connectivity index is 2.00. The standard InChI is InChI=1S/C17H17BrN2O4/c1-24-10-16(22)20-13-4-2-3-11(7-13)9-19-17(23)14-8-12(18)5-6-15(14)21/h2-8,21H,9-10H2,1H3,(H,19,23)(H,20,22). The van der Waals surface area contributed by atoms with Crippen LogP contribution in [-0.2, 0) is 16.1 Å². The topological polar surface area (TPSA) is 87.7 Å². The molecule has 2 aromatic rings. The monoisotopic (exact) mass is 392 g/mol. The summed E-state index contributed by atoms with van der Waals surface area (Å²) < 4.78 is 5.46. The number of phenolic OH excluding ortho intramolecular Hbond substituents is 1. The fraction of sp³-hybridized carbons (Fsp3) is 0.176. The van der Waals surface area contributed by atoms with Gasteiger partial charge in [-0.15, -0.1) is 0 Å². The van der Waals surface area contributed by atoms with Crippen LogP contribution in [0.4, 0.5) is 5.69 Å². The van der Waals surface area contributed by atoms with E-state index in [1.54, 1.807) is 30.3 Å². The Labute approximate surface area is 148 Å². The highest BCUT2D eigenvalue weighted by molar-refractivity contribution is 9.10. The molecule has 0 aliphatic carbocycles. The molecule has 2 rings (SSSR count). The first-order valence-corrected chi connectivity index (χ1v) is 7.93. The normalized spacial score (nSPS) is 10.2. The van der Waals surface area contributed by atoms with Crippen molar-refractivity contribution in [2.45, 2.75) is 6.54 Å². The van der Waals surface area contributed by atoms with Gasteiger partial charge in [0.1, 0.15) is 12.4 Å². The Kier molecular flexibility index (Phi) is 6.34. The molecule has 7 heteroatoms. The first-order chi connectivity index (χ1) is 11.5. The van der Waals surface area contributed by atoms with Gasteiger partial charge in [-0.05, 0) is 35.9 Å². The molecule has 0 saturated carbocycles. The van der Waals surface area contributed by atoms with E-state index >= 15 is 0 Å². The minimum atomic E-state index is -0.386. The third-order valence-corrected chi connectivity index (χ3v) is 3.64. The quantitative estimate of drug-likeness (QED) is 0.704. The average Bonchev–Trinajstić information content (AvgIpc) is 2.55. The van der Waals surface area contributed by atoms with Gasteiger partial charge in [-0.1, -0.05) is 28.1 Å². The number of carbonyl (C=O) groups excluding carboxylic acids is 2. The van der Waals surface area contributed by atoms with Crippen LogP contribution >= 0.6 is 15.9 Å². The highest BCUT2D eigenvalue weighted by atomic mass is 79.9. The number of phenols is 1. The van der Waals surface area contributed by atoms with Crippen molar-refractivity contribution in [3.8, 4) is 5.75 Å². The zero-order valence-electron chi connectivity index (χ0n) is 13.0. The maximum atomic E-state index is 12.2. The number of amides is 2. The predicted octanol–water partition coefficient (Wildman–Crippen LogP) is 2.67. The van der Waals surface area contributed by atoms with Gasteiger partial charge in [-0.3, -0.25) is 9.59 Å². The Morgan fingerprint density at radius 3 is 2.75 bits per heavy atom. The van der Waals surface area contributed by atoms with E-state index in [2.05, 4.69) is 26.6 Å². The van der Waals surface area contributed by atoms with Crippen LogP contribution in [0.25, 0.3) is 0 Å². The van der Waals surface area contributed by atoms with Crippen molar-refractivity contribution in [3.05, 3.63) is 58.1 Å². The van der Waals surface area contributed by atoms with Crippen LogP contribution < -0.4 is 10.6 Å². The number of methoxy groups -OCH3 is 1. The molecule has 0 bridgehead atoms. The number of hydrogen-bond acceptors (Lipinski definition) is 4. The molecule has 126 valence electrons. The highest BCUT2D eigenvalue weighted by Crippen LogP contribution is 2.21. The lowest BCUT2D eigenvalue weighted by atomic mass is 10.1. The van der Waals surface area contributed by atoms with Crippen molar-refractivity contribution in [1.82, 2.24) is 5.32 Å². The van der Waals surface area contributed by atoms with Gasteiger partial charge in [-0.25, -0.2) is 0 Å². The number of carbonyl (C=O) groups is 2. The van der Waals surface area contributed by atoms with Crippen molar-refractivity contribution in [3.63, 3.8) is 0 Å². The van der Waals surface area contributed by atoms with Crippen LogP contribution in [0.3, 0.4) is 0 Å². The number of rotatable bonds is 6. The SMILES string of the molecule is COCC(=O)Nc1cccc(CNC(=O)c2cc(Br)ccc2O)c1. The van der Waals surface area contributed by atoms with Crippen LogP contribution in [0.5, 0.6) is 5.75 Å². The molecule has 3 N–H and O–H groups in total. The van der Waals surface area contributed by atoms with E-state index in [1.165, 1.54) is 13.2 Å². The summed E-state index contributed by atoms with van der Waals surface area (Å²) in [6, 6.07) is 11.8. The Morgan fingerprint density at radius 1 is 1.21 bits per heavy atom. The molecule has 2 amide bonds. The molecule has 0 unspecified atom stereocenters. The number of benzene rings is 2. The number of ether oxygens (including phenoxy) is 1. The number of halogens is 1. The predicted molar refractivity (Wildman–Crippen MR) is 93.9 cm³/mol. The fourth-order valence-electron chi connectivity index (χ4n) is 2.05. The maximum Gasteiger partial charge on any atom is 0.255 e. The molecule has 0 aliphatic rings. The molecular formula is C17H17BrN2O4. The van der Waals surface area contributed by atoms with Crippen molar-refractivity contribution in [2.75, 3.05) is 19.0 Å². The number of aromatic hydroxyl groups is 1. The lowest BCUT2D eigenvalue weighted by Crippen LogP contribution is -2.23. The van der Waals surface area contributed by atoms with Crippen LogP contribution in [0, 0.1) is 0 Å². The average molecular weight is 393 g/mol. The van der Waals surface area contributed by atoms with E-state index in [9.17, 15) is 14.7 Å². The number of anilines is 1. The lowest BCUT2D eigenvalue weighted by Gasteiger charge is -2.09. The summed E-state index contributed by atoms with van der Waals surface area (Å²) in [6.07, 6.45) is 0. The van der Waals surface area contributed by atoms with Crippen molar-refractivity contribution >= 4 is 33.4 Å². The molecule has 0 saturated heterocycles. The van der Waals surface area contributed by atoms with Gasteiger partial charge in [0.15, 0.2) is 0 Å². The molecule has 0 fully saturated rings. The summed E-state index contributed by atoms with van der Waals surface area (Å²) in [5, 5.41) is 15.2. The second-order valence-corrected chi connectivity index (χ2v) is 5.94. The van der Waals surface area contributed by atoms with E-state index in [4.69, 9.17) is 4.74 Å². The number of nitrogens with one attached hydrogen (secondary N) is 2. The van der Waals surface area contributed by atoms with E-state index in [1.807, 2.05) is 6.07 Å². The fourth-order valence-corrected chi connectivity index (χ4v) is 2.42. The summed E-state index contributed by atoms with van der Waals surface area (Å²) >= 11 is 3.26. The second-order valence-electron chi connectivity index (χ2n) is 5.03. The molecule has 0 heterocycles. The van der Waals surface area contributed by atoms with Crippen molar-refractivity contribution in [1.29, 1.82) is 0 Å². The molecule has 0 spiro atoms. The lowest BCUT2D eigenvalue weighted by molar-refractivity contribution is -0.119. The minimum Gasteiger partial charge on any atom is -0.507 e. The van der Waals surface area contributed by atoms with Crippen molar-refractivity contribution in [2.24, 2.45) is 0 Å². The highest BCUT2D eigenvalue weighted by Gasteiger charge is 2.11. The van der Waals surface area contributed by atoms with E-state index in [0.717, 1.165) is 5.56 Å². The van der Waals surface area contributed by atoms with E-state index in [-0.39, 0.29) is 36.3 Å². The molecule has 0 aromatic heterocycles. The molecule has 24 heavy (non-hydrogen) atoms. The van der Waals surface area contributed by atoms with Gasteiger partial charge < -0.3 is 20.5 Å². The molecule has 0 radical (unpaired) electrons. The molecule has 0 aliphatic heterocycles. The molecule has 2 aromatic carbocycles. The van der Waals surface area contributed by atoms with Crippen LogP contribution in [-0.4, -0.2) is 30.6 Å². The van der Waals surface area contributed by atoms with Gasteiger partial charge in [0.25, 0.3) is 5.91 Å². The largest absolute Gasteiger partial charge is 0.507 e. The zero-order valence-corrected chi connectivity index (χ0v) is 14.6. The summed E-state index contributed by atoms with van der Waals surface area (Å²) in [5.41, 5.74) is 1.62. The number of hydrogen-bond donors (Lipinski definition) is 3. The maximum absolute atomic E-state index is 12.2. The Bertz CT molecular complexity index is 749. The van der Waals surface area contributed by atoms with Crippen molar-refractivity contribution < 1.29 is 19.4 Å². The molecule has 6 nitrogen and oxygen atoms in total. The van der Waals surface area contributed by atoms with Gasteiger partial charge >= 0.3 is 0 Å². The Hall–Kier alpha value is -2.38. The Morgan fingerprint density at radius 2 is 2.00 bits per heavy atom. The summed E-state index contributed by atoms with van der Waals surface area (Å²) in [5.74, 6) is -0.725. The second kappa shape index (κ2) is 8.47. The zero-order chi connectivity index (χ0) is 17.5. The van der Waals surface area contributed by atoms with Gasteiger partial charge in [0, 0.05) is 23.8 Å². The first-order valence-electron chi connectivity index (χ1n) is 7.14. The smallest absolute Gasteiger partial charge is 0.255 e. The third kappa shape index (κ3) is 5.07. The minimum absolute atomic E-state index is 0.0247. The summed E-state index contributed by atoms with van der Waals surface area (Å²) in [7, 11) is 1.45. The van der Waals surface area contributed by atoms with E-state index < -0.39 is 0 Å². The van der Waals surface area contributed by atoms with Crippen LogP contribution in [0.15, 0.2) is 46.9 Å². The van der Waals surface area contributed by atoms with Crippen LogP contribution in [0.1, 0.15) is 15.9 Å². The van der Waals surface area contributed by atoms with Gasteiger partial charge in [-0.2, -0.15) is 0 Å². The summed E-state index contributed by atoms with van der Waals surface area (Å²) in [6.45, 7) is 0.238.